The van der Waals surface area contributed by atoms with Crippen LogP contribution in [0.3, 0.4) is 0 Å². The zero-order valence-electron chi connectivity index (χ0n) is 13.6. The lowest BCUT2D eigenvalue weighted by atomic mass is 10.1. The van der Waals surface area contributed by atoms with Crippen LogP contribution in [0, 0.1) is 4.77 Å². The van der Waals surface area contributed by atoms with Crippen molar-refractivity contribution in [2.45, 2.75) is 19.3 Å². The Bertz CT molecular complexity index is 1160. The summed E-state index contributed by atoms with van der Waals surface area (Å²) in [6, 6.07) is 18.7. The highest BCUT2D eigenvalue weighted by atomic mass is 32.1. The van der Waals surface area contributed by atoms with Crippen molar-refractivity contribution >= 4 is 23.1 Å². The molecule has 0 saturated carbocycles. The van der Waals surface area contributed by atoms with E-state index in [0.29, 0.717) is 4.77 Å². The number of nitrogens with zero attached hydrogens (tertiary/aromatic N) is 3. The number of pyridine rings is 1. The maximum atomic E-state index is 5.50. The topological polar surface area (TPSA) is 46.5 Å². The minimum absolute atomic E-state index is 0.586. The fourth-order valence-electron chi connectivity index (χ4n) is 3.60. The molecule has 4 aromatic rings. The number of aromatic nitrogens is 4. The first-order chi connectivity index (χ1) is 12.3. The Labute approximate surface area is 150 Å². The number of rotatable bonds is 2. The number of para-hydroxylation sites is 1. The van der Waals surface area contributed by atoms with Gasteiger partial charge in [0, 0.05) is 5.39 Å². The number of aryl methyl sites for hydroxylation is 2. The van der Waals surface area contributed by atoms with Crippen molar-refractivity contribution in [1.29, 1.82) is 0 Å². The molecule has 25 heavy (non-hydrogen) atoms. The van der Waals surface area contributed by atoms with E-state index in [1.807, 2.05) is 28.8 Å². The molecule has 0 fully saturated rings. The Morgan fingerprint density at radius 1 is 0.960 bits per heavy atom. The molecule has 0 atom stereocenters. The van der Waals surface area contributed by atoms with E-state index in [1.165, 1.54) is 24.0 Å². The molecule has 1 aliphatic carbocycles. The summed E-state index contributed by atoms with van der Waals surface area (Å²) >= 11 is 5.50. The van der Waals surface area contributed by atoms with Crippen molar-refractivity contribution in [3.8, 4) is 17.2 Å². The molecule has 0 spiro atoms. The highest BCUT2D eigenvalue weighted by Gasteiger charge is 2.16. The Balaban J connectivity index is 1.69. The van der Waals surface area contributed by atoms with Crippen LogP contribution in [-0.4, -0.2) is 19.7 Å². The van der Waals surface area contributed by atoms with E-state index in [9.17, 15) is 0 Å². The highest BCUT2D eigenvalue weighted by Crippen LogP contribution is 2.27. The molecule has 2 aromatic heterocycles. The normalized spacial score (nSPS) is 13.3. The van der Waals surface area contributed by atoms with Gasteiger partial charge < -0.3 is 0 Å². The van der Waals surface area contributed by atoms with Crippen molar-refractivity contribution in [2.75, 3.05) is 0 Å². The van der Waals surface area contributed by atoms with Crippen molar-refractivity contribution in [1.82, 2.24) is 19.7 Å². The van der Waals surface area contributed by atoms with Crippen molar-refractivity contribution in [3.05, 3.63) is 70.5 Å². The first-order valence-electron chi connectivity index (χ1n) is 8.45. The number of fused-ring (bicyclic) bond motifs is 2. The van der Waals surface area contributed by atoms with E-state index in [1.54, 1.807) is 0 Å². The lowest BCUT2D eigenvalue weighted by Gasteiger charge is -2.09. The van der Waals surface area contributed by atoms with Gasteiger partial charge in [0.1, 0.15) is 5.69 Å². The lowest BCUT2D eigenvalue weighted by molar-refractivity contribution is 0.911. The van der Waals surface area contributed by atoms with Crippen LogP contribution < -0.4 is 0 Å². The van der Waals surface area contributed by atoms with Gasteiger partial charge in [0.05, 0.1) is 11.2 Å². The molecule has 0 amide bonds. The van der Waals surface area contributed by atoms with Crippen LogP contribution in [0.5, 0.6) is 0 Å². The first kappa shape index (κ1) is 14.5. The largest absolute Gasteiger partial charge is 0.267 e. The SMILES string of the molecule is S=c1[nH]nc(-c2ccc3ccccc3n2)n1-c1ccc2c(c1)CCC2. The average Bonchev–Trinajstić information content (AvgIpc) is 3.27. The molecule has 2 heterocycles. The van der Waals surface area contributed by atoms with Gasteiger partial charge in [0.15, 0.2) is 10.6 Å². The molecule has 0 aliphatic heterocycles. The van der Waals surface area contributed by atoms with E-state index in [0.717, 1.165) is 34.5 Å². The third kappa shape index (κ3) is 2.39. The fraction of sp³-hybridized carbons (Fsp3) is 0.150. The maximum Gasteiger partial charge on any atom is 0.200 e. The second-order valence-electron chi connectivity index (χ2n) is 6.38. The van der Waals surface area contributed by atoms with Gasteiger partial charge in [-0.1, -0.05) is 30.3 Å². The molecule has 1 aliphatic rings. The van der Waals surface area contributed by atoms with Crippen LogP contribution in [0.15, 0.2) is 54.6 Å². The molecule has 0 saturated heterocycles. The van der Waals surface area contributed by atoms with Crippen LogP contribution in [0.1, 0.15) is 17.5 Å². The summed E-state index contributed by atoms with van der Waals surface area (Å²) in [5, 5.41) is 8.49. The third-order valence-electron chi connectivity index (χ3n) is 4.84. The Morgan fingerprint density at radius 2 is 1.84 bits per heavy atom. The molecule has 0 bridgehead atoms. The predicted octanol–water partition coefficient (Wildman–Crippen LogP) is 4.63. The van der Waals surface area contributed by atoms with Crippen LogP contribution in [0.25, 0.3) is 28.1 Å². The first-order valence-corrected chi connectivity index (χ1v) is 8.86. The molecule has 0 radical (unpaired) electrons. The molecule has 5 heteroatoms. The van der Waals surface area contributed by atoms with E-state index in [4.69, 9.17) is 17.2 Å². The van der Waals surface area contributed by atoms with Gasteiger partial charge in [-0.05, 0) is 66.9 Å². The summed E-state index contributed by atoms with van der Waals surface area (Å²) < 4.78 is 2.56. The summed E-state index contributed by atoms with van der Waals surface area (Å²) in [7, 11) is 0. The van der Waals surface area contributed by atoms with Crippen molar-refractivity contribution in [3.63, 3.8) is 0 Å². The fourth-order valence-corrected chi connectivity index (χ4v) is 3.83. The molecule has 5 rings (SSSR count). The zero-order chi connectivity index (χ0) is 16.8. The number of benzene rings is 2. The molecular formula is C20H16N4S. The van der Waals surface area contributed by atoms with Gasteiger partial charge in [-0.2, -0.15) is 5.10 Å². The minimum Gasteiger partial charge on any atom is -0.267 e. The van der Waals surface area contributed by atoms with E-state index >= 15 is 0 Å². The zero-order valence-corrected chi connectivity index (χ0v) is 14.4. The van der Waals surface area contributed by atoms with Gasteiger partial charge in [-0.3, -0.25) is 9.67 Å². The van der Waals surface area contributed by atoms with Crippen LogP contribution in [0.4, 0.5) is 0 Å². The summed E-state index contributed by atoms with van der Waals surface area (Å²) in [6.45, 7) is 0. The molecule has 4 nitrogen and oxygen atoms in total. The quantitative estimate of drug-likeness (QED) is 0.539. The summed E-state index contributed by atoms with van der Waals surface area (Å²) in [6.07, 6.45) is 3.54. The number of hydrogen-bond acceptors (Lipinski definition) is 3. The molecule has 2 aromatic carbocycles. The van der Waals surface area contributed by atoms with E-state index < -0.39 is 0 Å². The third-order valence-corrected chi connectivity index (χ3v) is 5.11. The number of aromatic amines is 1. The lowest BCUT2D eigenvalue weighted by Crippen LogP contribution is -2.00. The van der Waals surface area contributed by atoms with Gasteiger partial charge in [-0.15, -0.1) is 0 Å². The van der Waals surface area contributed by atoms with E-state index in [2.05, 4.69) is 40.5 Å². The smallest absolute Gasteiger partial charge is 0.200 e. The minimum atomic E-state index is 0.586. The summed E-state index contributed by atoms with van der Waals surface area (Å²) in [5.74, 6) is 0.744. The van der Waals surface area contributed by atoms with Gasteiger partial charge >= 0.3 is 0 Å². The Kier molecular flexibility index (Phi) is 3.28. The Morgan fingerprint density at radius 3 is 2.80 bits per heavy atom. The van der Waals surface area contributed by atoms with Crippen LogP contribution in [-0.2, 0) is 12.8 Å². The van der Waals surface area contributed by atoms with Gasteiger partial charge in [0.25, 0.3) is 0 Å². The van der Waals surface area contributed by atoms with E-state index in [-0.39, 0.29) is 0 Å². The number of H-pyrrole nitrogens is 1. The second kappa shape index (κ2) is 5.63. The standard InChI is InChI=1S/C20H16N4S/c25-20-23-22-19(18-11-9-14-4-1-2-7-17(14)21-18)24(20)16-10-8-13-5-3-6-15(13)12-16/h1-2,4,7-12H,3,5-6H2,(H,23,25). The molecule has 1 N–H and O–H groups in total. The maximum absolute atomic E-state index is 5.50. The monoisotopic (exact) mass is 344 g/mol. The highest BCUT2D eigenvalue weighted by molar-refractivity contribution is 7.71. The van der Waals surface area contributed by atoms with Crippen LogP contribution in [0.2, 0.25) is 0 Å². The van der Waals surface area contributed by atoms with Gasteiger partial charge in [-0.25, -0.2) is 4.98 Å². The number of hydrogen-bond donors (Lipinski definition) is 1. The Hall–Kier alpha value is -2.79. The van der Waals surface area contributed by atoms with Crippen LogP contribution >= 0.6 is 12.2 Å². The number of nitrogens with one attached hydrogen (secondary N) is 1. The van der Waals surface area contributed by atoms with Crippen molar-refractivity contribution in [2.24, 2.45) is 0 Å². The van der Waals surface area contributed by atoms with Gasteiger partial charge in [0.2, 0.25) is 0 Å². The predicted molar refractivity (Wildman–Crippen MR) is 102 cm³/mol. The van der Waals surface area contributed by atoms with Crippen molar-refractivity contribution < 1.29 is 0 Å². The summed E-state index contributed by atoms with van der Waals surface area (Å²) in [4.78, 5) is 4.77. The molecule has 122 valence electrons. The second-order valence-corrected chi connectivity index (χ2v) is 6.77. The average molecular weight is 344 g/mol. The summed E-state index contributed by atoms with van der Waals surface area (Å²) in [5.41, 5.74) is 5.67. The molecular weight excluding hydrogens is 328 g/mol. The molecule has 0 unspecified atom stereocenters.